The van der Waals surface area contributed by atoms with Crippen LogP contribution in [0.4, 0.5) is 0 Å². The van der Waals surface area contributed by atoms with Crippen LogP contribution in [0.25, 0.3) is 0 Å². The minimum atomic E-state index is -0.602. The summed E-state index contributed by atoms with van der Waals surface area (Å²) in [6.07, 6.45) is 6.55. The van der Waals surface area contributed by atoms with Crippen molar-refractivity contribution in [1.29, 1.82) is 0 Å². The highest BCUT2D eigenvalue weighted by atomic mass is 16.3. The van der Waals surface area contributed by atoms with E-state index in [9.17, 15) is 10.2 Å². The van der Waals surface area contributed by atoms with E-state index in [0.29, 0.717) is 17.3 Å². The van der Waals surface area contributed by atoms with Gasteiger partial charge in [-0.3, -0.25) is 0 Å². The van der Waals surface area contributed by atoms with Gasteiger partial charge >= 0.3 is 0 Å². The fourth-order valence-corrected chi connectivity index (χ4v) is 4.33. The van der Waals surface area contributed by atoms with Gasteiger partial charge in [0, 0.05) is 0 Å². The van der Waals surface area contributed by atoms with Crippen LogP contribution in [0.1, 0.15) is 66.2 Å². The van der Waals surface area contributed by atoms with E-state index in [4.69, 9.17) is 0 Å². The maximum absolute atomic E-state index is 10.6. The molecular weight excluding hydrogens is 212 g/mol. The summed E-state index contributed by atoms with van der Waals surface area (Å²) >= 11 is 0. The second-order valence-electron chi connectivity index (χ2n) is 7.54. The van der Waals surface area contributed by atoms with Crippen molar-refractivity contribution in [2.24, 2.45) is 17.3 Å². The van der Waals surface area contributed by atoms with Crippen molar-refractivity contribution in [3.05, 3.63) is 0 Å². The van der Waals surface area contributed by atoms with Gasteiger partial charge in [0.05, 0.1) is 11.2 Å². The highest BCUT2D eigenvalue weighted by Crippen LogP contribution is 2.56. The molecule has 2 rings (SSSR count). The molecule has 2 N–H and O–H groups in total. The molecule has 0 aromatic carbocycles. The topological polar surface area (TPSA) is 40.5 Å². The van der Waals surface area contributed by atoms with Crippen LogP contribution in [0.5, 0.6) is 0 Å². The van der Waals surface area contributed by atoms with Gasteiger partial charge in [0.1, 0.15) is 0 Å². The Balaban J connectivity index is 2.20. The molecule has 2 nitrogen and oxygen atoms in total. The van der Waals surface area contributed by atoms with Crippen LogP contribution in [0.3, 0.4) is 0 Å². The van der Waals surface area contributed by atoms with E-state index in [0.717, 1.165) is 32.1 Å². The second-order valence-corrected chi connectivity index (χ2v) is 7.54. The molecule has 0 spiro atoms. The molecule has 100 valence electrons. The average Bonchev–Trinajstić information content (AvgIpc) is 2.14. The fourth-order valence-electron chi connectivity index (χ4n) is 4.33. The van der Waals surface area contributed by atoms with Crippen LogP contribution in [0, 0.1) is 17.3 Å². The van der Waals surface area contributed by atoms with Crippen LogP contribution in [0.15, 0.2) is 0 Å². The normalized spacial score (nSPS) is 47.6. The molecule has 2 aliphatic rings. The number of fused-ring (bicyclic) bond motifs is 1. The van der Waals surface area contributed by atoms with Crippen molar-refractivity contribution in [2.45, 2.75) is 77.4 Å². The van der Waals surface area contributed by atoms with E-state index in [1.165, 1.54) is 6.42 Å². The molecule has 2 fully saturated rings. The van der Waals surface area contributed by atoms with E-state index in [-0.39, 0.29) is 0 Å². The molecular formula is C15H28O2. The third kappa shape index (κ3) is 2.39. The molecule has 0 saturated heterocycles. The van der Waals surface area contributed by atoms with E-state index >= 15 is 0 Å². The lowest BCUT2D eigenvalue weighted by Crippen LogP contribution is -2.53. The Morgan fingerprint density at radius 3 is 2.35 bits per heavy atom. The number of rotatable bonds is 1. The molecule has 0 aliphatic heterocycles. The Hall–Kier alpha value is -0.0800. The van der Waals surface area contributed by atoms with Crippen molar-refractivity contribution in [2.75, 3.05) is 0 Å². The Bertz CT molecular complexity index is 290. The zero-order chi connectivity index (χ0) is 12.9. The fraction of sp³-hybridized carbons (Fsp3) is 1.00. The summed E-state index contributed by atoms with van der Waals surface area (Å²) in [6.45, 7) is 8.17. The first-order chi connectivity index (χ1) is 7.65. The highest BCUT2D eigenvalue weighted by Gasteiger charge is 2.52. The molecule has 0 aromatic heterocycles. The first kappa shape index (κ1) is 13.4. The summed E-state index contributed by atoms with van der Waals surface area (Å²) < 4.78 is 0. The molecule has 0 bridgehead atoms. The van der Waals surface area contributed by atoms with Gasteiger partial charge in [-0.15, -0.1) is 0 Å². The SMILES string of the molecule is CC(C)(O)C1CC[C@]2(C)CCC[C@](C)(O)[C@@H]2C1. The number of hydrogen-bond donors (Lipinski definition) is 2. The van der Waals surface area contributed by atoms with Gasteiger partial charge in [-0.05, 0) is 70.1 Å². The lowest BCUT2D eigenvalue weighted by Gasteiger charge is -2.55. The van der Waals surface area contributed by atoms with Crippen molar-refractivity contribution in [3.63, 3.8) is 0 Å². The summed E-state index contributed by atoms with van der Waals surface area (Å²) in [5.41, 5.74) is -0.838. The van der Waals surface area contributed by atoms with Crippen molar-refractivity contribution in [1.82, 2.24) is 0 Å². The maximum atomic E-state index is 10.6. The monoisotopic (exact) mass is 240 g/mol. The maximum Gasteiger partial charge on any atom is 0.0653 e. The zero-order valence-electron chi connectivity index (χ0n) is 11.8. The quantitative estimate of drug-likeness (QED) is 0.739. The molecule has 0 amide bonds. The van der Waals surface area contributed by atoms with Crippen LogP contribution in [0.2, 0.25) is 0 Å². The molecule has 2 heteroatoms. The predicted octanol–water partition coefficient (Wildman–Crippen LogP) is 3.11. The van der Waals surface area contributed by atoms with Gasteiger partial charge in [0.25, 0.3) is 0 Å². The second kappa shape index (κ2) is 3.96. The summed E-state index contributed by atoms with van der Waals surface area (Å²) in [4.78, 5) is 0. The Morgan fingerprint density at radius 1 is 1.12 bits per heavy atom. The highest BCUT2D eigenvalue weighted by molar-refractivity contribution is 5.03. The third-order valence-corrected chi connectivity index (χ3v) is 5.61. The van der Waals surface area contributed by atoms with Gasteiger partial charge in [-0.25, -0.2) is 0 Å². The smallest absolute Gasteiger partial charge is 0.0653 e. The number of hydrogen-bond acceptors (Lipinski definition) is 2. The van der Waals surface area contributed by atoms with Gasteiger partial charge in [0.15, 0.2) is 0 Å². The molecule has 17 heavy (non-hydrogen) atoms. The third-order valence-electron chi connectivity index (χ3n) is 5.61. The van der Waals surface area contributed by atoms with Crippen LogP contribution in [-0.4, -0.2) is 21.4 Å². The van der Waals surface area contributed by atoms with Gasteiger partial charge < -0.3 is 10.2 Å². The summed E-state index contributed by atoms with van der Waals surface area (Å²) in [5.74, 6) is 0.694. The van der Waals surface area contributed by atoms with Crippen LogP contribution < -0.4 is 0 Å². The molecule has 4 atom stereocenters. The average molecular weight is 240 g/mol. The van der Waals surface area contributed by atoms with Gasteiger partial charge in [-0.2, -0.15) is 0 Å². The summed E-state index contributed by atoms with van der Waals surface area (Å²) in [7, 11) is 0. The standard InChI is InChI=1S/C15H28O2/c1-13(2,16)11-6-9-14(3)7-5-8-15(4,17)12(14)10-11/h11-12,16-17H,5-10H2,1-4H3/t11?,12-,14+,15+/m1/s1. The first-order valence-electron chi connectivity index (χ1n) is 7.10. The molecule has 1 unspecified atom stereocenters. The molecule has 2 aliphatic carbocycles. The van der Waals surface area contributed by atoms with E-state index in [1.807, 2.05) is 20.8 Å². The van der Waals surface area contributed by atoms with Crippen molar-refractivity contribution >= 4 is 0 Å². The van der Waals surface area contributed by atoms with Crippen molar-refractivity contribution < 1.29 is 10.2 Å². The van der Waals surface area contributed by atoms with E-state index in [2.05, 4.69) is 6.92 Å². The Labute approximate surface area is 105 Å². The molecule has 0 heterocycles. The Morgan fingerprint density at radius 2 is 1.76 bits per heavy atom. The van der Waals surface area contributed by atoms with E-state index < -0.39 is 11.2 Å². The lowest BCUT2D eigenvalue weighted by atomic mass is 9.52. The van der Waals surface area contributed by atoms with Crippen LogP contribution in [-0.2, 0) is 0 Å². The minimum absolute atomic E-state index is 0.295. The lowest BCUT2D eigenvalue weighted by molar-refractivity contribution is -0.143. The molecule has 2 saturated carbocycles. The largest absolute Gasteiger partial charge is 0.390 e. The van der Waals surface area contributed by atoms with Crippen LogP contribution >= 0.6 is 0 Å². The first-order valence-corrected chi connectivity index (χ1v) is 7.10. The summed E-state index contributed by atoms with van der Waals surface area (Å²) in [5, 5.41) is 20.8. The zero-order valence-corrected chi connectivity index (χ0v) is 11.8. The van der Waals surface area contributed by atoms with Gasteiger partial charge in [-0.1, -0.05) is 13.3 Å². The number of aliphatic hydroxyl groups is 2. The van der Waals surface area contributed by atoms with Crippen molar-refractivity contribution in [3.8, 4) is 0 Å². The molecule has 0 aromatic rings. The summed E-state index contributed by atoms with van der Waals surface area (Å²) in [6, 6.07) is 0. The van der Waals surface area contributed by atoms with Gasteiger partial charge in [0.2, 0.25) is 0 Å². The predicted molar refractivity (Wildman–Crippen MR) is 69.7 cm³/mol. The molecule has 0 radical (unpaired) electrons. The van der Waals surface area contributed by atoms with E-state index in [1.54, 1.807) is 0 Å². The Kier molecular flexibility index (Phi) is 3.11. The minimum Gasteiger partial charge on any atom is -0.390 e.